The number of fused-ring (bicyclic) bond motifs is 1. The number of benzene rings is 1. The molecule has 1 aromatic carbocycles. The zero-order valence-electron chi connectivity index (χ0n) is 14.6. The number of halogens is 1. The number of aromatic nitrogens is 2. The molecule has 1 aliphatic rings. The summed E-state index contributed by atoms with van der Waals surface area (Å²) in [5, 5.41) is 6.05. The average molecular weight is 371 g/mol. The summed E-state index contributed by atoms with van der Waals surface area (Å²) in [4.78, 5) is 20.9. The minimum Gasteiger partial charge on any atom is -0.309 e. The highest BCUT2D eigenvalue weighted by atomic mass is 32.1. The third-order valence-electron chi connectivity index (χ3n) is 5.06. The third kappa shape index (κ3) is 3.71. The summed E-state index contributed by atoms with van der Waals surface area (Å²) in [5.41, 5.74) is 1.50. The van der Waals surface area contributed by atoms with Crippen molar-refractivity contribution < 1.29 is 4.39 Å². The van der Waals surface area contributed by atoms with E-state index < -0.39 is 0 Å². The van der Waals surface area contributed by atoms with E-state index in [0.29, 0.717) is 23.8 Å². The summed E-state index contributed by atoms with van der Waals surface area (Å²) in [6.45, 7) is 0.583. The van der Waals surface area contributed by atoms with Gasteiger partial charge in [0.25, 0.3) is 5.56 Å². The van der Waals surface area contributed by atoms with Crippen LogP contribution in [0, 0.1) is 5.82 Å². The topological polar surface area (TPSA) is 57.8 Å². The van der Waals surface area contributed by atoms with Crippen LogP contribution in [0.15, 0.2) is 34.4 Å². The lowest BCUT2D eigenvalue weighted by atomic mass is 10.1. The van der Waals surface area contributed by atoms with Gasteiger partial charge >= 0.3 is 0 Å². The number of hydrogen-bond donors (Lipinski definition) is 2. The van der Waals surface area contributed by atoms with Gasteiger partial charge in [-0.3, -0.25) is 4.79 Å². The zero-order chi connectivity index (χ0) is 17.9. The Kier molecular flexibility index (Phi) is 5.13. The molecule has 6 heteroatoms. The Labute approximate surface area is 155 Å². The Balaban J connectivity index is 1.57. The predicted molar refractivity (Wildman–Crippen MR) is 104 cm³/mol. The third-order valence-corrected chi connectivity index (χ3v) is 5.93. The molecule has 0 amide bonds. The molecular formula is C20H22FN3OS. The number of H-pyrrole nitrogens is 1. The van der Waals surface area contributed by atoms with Gasteiger partial charge in [-0.1, -0.05) is 37.8 Å². The number of thiophene rings is 1. The van der Waals surface area contributed by atoms with Gasteiger partial charge in [0.1, 0.15) is 16.5 Å². The van der Waals surface area contributed by atoms with Crippen LogP contribution in [0.4, 0.5) is 4.39 Å². The van der Waals surface area contributed by atoms with Crippen molar-refractivity contribution in [3.8, 4) is 11.1 Å². The van der Waals surface area contributed by atoms with E-state index in [1.54, 1.807) is 12.1 Å². The van der Waals surface area contributed by atoms with Crippen LogP contribution in [0.3, 0.4) is 0 Å². The van der Waals surface area contributed by atoms with Crippen molar-refractivity contribution in [2.75, 3.05) is 0 Å². The summed E-state index contributed by atoms with van der Waals surface area (Å²) in [6, 6.07) is 6.71. The van der Waals surface area contributed by atoms with Crippen molar-refractivity contribution in [1.82, 2.24) is 15.3 Å². The highest BCUT2D eigenvalue weighted by molar-refractivity contribution is 7.17. The summed E-state index contributed by atoms with van der Waals surface area (Å²) in [7, 11) is 0. The van der Waals surface area contributed by atoms with Crippen LogP contribution in [0.25, 0.3) is 21.3 Å². The molecule has 1 saturated carbocycles. The van der Waals surface area contributed by atoms with E-state index in [1.807, 2.05) is 5.38 Å². The van der Waals surface area contributed by atoms with Crippen LogP contribution < -0.4 is 10.9 Å². The van der Waals surface area contributed by atoms with E-state index in [0.717, 1.165) is 16.0 Å². The van der Waals surface area contributed by atoms with Gasteiger partial charge in [0.15, 0.2) is 0 Å². The molecule has 0 aliphatic heterocycles. The molecule has 4 rings (SSSR count). The first-order valence-corrected chi connectivity index (χ1v) is 10.1. The standard InChI is InChI=1S/C20H22FN3OS/c21-14-9-7-13(8-10-14)16-12-26-20-18(16)19(25)23-17(24-20)11-22-15-5-3-1-2-4-6-15/h7-10,12,15,22H,1-6,11H2,(H,23,24,25). The molecule has 0 bridgehead atoms. The van der Waals surface area contributed by atoms with Crippen LogP contribution >= 0.6 is 11.3 Å². The molecule has 0 atom stereocenters. The number of nitrogens with zero attached hydrogens (tertiary/aromatic N) is 1. The maximum absolute atomic E-state index is 13.2. The molecule has 2 N–H and O–H groups in total. The molecule has 0 unspecified atom stereocenters. The van der Waals surface area contributed by atoms with Gasteiger partial charge in [-0.15, -0.1) is 11.3 Å². The van der Waals surface area contributed by atoms with Crippen molar-refractivity contribution in [1.29, 1.82) is 0 Å². The van der Waals surface area contributed by atoms with Gasteiger partial charge in [-0.05, 0) is 30.5 Å². The van der Waals surface area contributed by atoms with Crippen molar-refractivity contribution >= 4 is 21.6 Å². The fourth-order valence-electron chi connectivity index (χ4n) is 3.64. The van der Waals surface area contributed by atoms with E-state index in [4.69, 9.17) is 0 Å². The summed E-state index contributed by atoms with van der Waals surface area (Å²) < 4.78 is 13.2. The fraction of sp³-hybridized carbons (Fsp3) is 0.400. The van der Waals surface area contributed by atoms with Crippen LogP contribution in [-0.4, -0.2) is 16.0 Å². The fourth-order valence-corrected chi connectivity index (χ4v) is 4.61. The summed E-state index contributed by atoms with van der Waals surface area (Å²) >= 11 is 1.45. The van der Waals surface area contributed by atoms with Gasteiger partial charge in [0, 0.05) is 17.0 Å². The molecule has 2 aromatic heterocycles. The summed E-state index contributed by atoms with van der Waals surface area (Å²) in [6.07, 6.45) is 7.57. The number of hydrogen-bond acceptors (Lipinski definition) is 4. The molecule has 2 heterocycles. The first-order valence-electron chi connectivity index (χ1n) is 9.20. The Morgan fingerprint density at radius 1 is 1.15 bits per heavy atom. The lowest BCUT2D eigenvalue weighted by Gasteiger charge is -2.15. The maximum atomic E-state index is 13.2. The lowest BCUT2D eigenvalue weighted by molar-refractivity contribution is 0.453. The Hall–Kier alpha value is -2.05. The van der Waals surface area contributed by atoms with E-state index in [2.05, 4.69) is 15.3 Å². The molecule has 3 aromatic rings. The van der Waals surface area contributed by atoms with Crippen LogP contribution in [0.1, 0.15) is 44.3 Å². The normalized spacial score (nSPS) is 16.0. The highest BCUT2D eigenvalue weighted by Crippen LogP contribution is 2.30. The molecule has 1 aliphatic carbocycles. The van der Waals surface area contributed by atoms with Gasteiger partial charge in [0.2, 0.25) is 0 Å². The van der Waals surface area contributed by atoms with E-state index in [-0.39, 0.29) is 11.4 Å². The summed E-state index contributed by atoms with van der Waals surface area (Å²) in [5.74, 6) is 0.395. The molecule has 136 valence electrons. The van der Waals surface area contributed by atoms with Gasteiger partial charge in [-0.25, -0.2) is 9.37 Å². The quantitative estimate of drug-likeness (QED) is 0.659. The van der Waals surface area contributed by atoms with E-state index >= 15 is 0 Å². The van der Waals surface area contributed by atoms with Crippen LogP contribution in [0.2, 0.25) is 0 Å². The monoisotopic (exact) mass is 371 g/mol. The van der Waals surface area contributed by atoms with Crippen molar-refractivity contribution in [2.45, 2.75) is 51.1 Å². The number of nitrogens with one attached hydrogen (secondary N) is 2. The minimum absolute atomic E-state index is 0.131. The zero-order valence-corrected chi connectivity index (χ0v) is 15.4. The van der Waals surface area contributed by atoms with Crippen LogP contribution in [-0.2, 0) is 6.54 Å². The number of aromatic amines is 1. The first-order chi connectivity index (χ1) is 12.7. The first kappa shape index (κ1) is 17.4. The second-order valence-corrected chi connectivity index (χ2v) is 7.78. The maximum Gasteiger partial charge on any atom is 0.260 e. The average Bonchev–Trinajstić information content (AvgIpc) is 2.89. The molecule has 1 fully saturated rings. The molecule has 26 heavy (non-hydrogen) atoms. The Morgan fingerprint density at radius 3 is 2.62 bits per heavy atom. The Bertz CT molecular complexity index is 940. The predicted octanol–water partition coefficient (Wildman–Crippen LogP) is 4.60. The van der Waals surface area contributed by atoms with E-state index in [1.165, 1.54) is 62.0 Å². The molecular weight excluding hydrogens is 349 g/mol. The largest absolute Gasteiger partial charge is 0.309 e. The molecule has 0 radical (unpaired) electrons. The molecule has 4 nitrogen and oxygen atoms in total. The van der Waals surface area contributed by atoms with Crippen molar-refractivity contribution in [3.05, 3.63) is 51.6 Å². The minimum atomic E-state index is -0.285. The van der Waals surface area contributed by atoms with Crippen LogP contribution in [0.5, 0.6) is 0 Å². The second-order valence-electron chi connectivity index (χ2n) is 6.92. The molecule has 0 spiro atoms. The van der Waals surface area contributed by atoms with E-state index in [9.17, 15) is 9.18 Å². The smallest absolute Gasteiger partial charge is 0.260 e. The van der Waals surface area contributed by atoms with Gasteiger partial charge in [-0.2, -0.15) is 0 Å². The van der Waals surface area contributed by atoms with Gasteiger partial charge < -0.3 is 10.3 Å². The SMILES string of the molecule is O=c1[nH]c(CNC2CCCCCC2)nc2scc(-c3ccc(F)cc3)c12. The molecule has 0 saturated heterocycles. The lowest BCUT2D eigenvalue weighted by Crippen LogP contribution is -2.29. The van der Waals surface area contributed by atoms with Gasteiger partial charge in [0.05, 0.1) is 11.9 Å². The van der Waals surface area contributed by atoms with Crippen molar-refractivity contribution in [2.24, 2.45) is 0 Å². The second kappa shape index (κ2) is 7.68. The highest BCUT2D eigenvalue weighted by Gasteiger charge is 2.15. The number of rotatable bonds is 4. The van der Waals surface area contributed by atoms with Crippen molar-refractivity contribution in [3.63, 3.8) is 0 Å². The Morgan fingerprint density at radius 2 is 1.88 bits per heavy atom.